The van der Waals surface area contributed by atoms with Crippen molar-refractivity contribution < 1.29 is 27.5 Å². The Morgan fingerprint density at radius 2 is 1.19 bits per heavy atom. The standard InChI is InChI=1S/C20H22O6S/c1-25-19(21)17-7-3-5-15(13-17)9-11-27(23,24)12-10-16-6-4-8-18(14-16)20(22)26-2/h3-8,13-14H,9-12H2,1-2H3. The van der Waals surface area contributed by atoms with E-state index in [0.717, 1.165) is 11.1 Å². The Balaban J connectivity index is 1.96. The molecule has 0 saturated heterocycles. The van der Waals surface area contributed by atoms with Gasteiger partial charge >= 0.3 is 11.9 Å². The van der Waals surface area contributed by atoms with Crippen molar-refractivity contribution in [1.29, 1.82) is 0 Å². The Kier molecular flexibility index (Phi) is 7.12. The highest BCUT2D eigenvalue weighted by atomic mass is 32.2. The molecule has 27 heavy (non-hydrogen) atoms. The van der Waals surface area contributed by atoms with E-state index in [2.05, 4.69) is 9.47 Å². The van der Waals surface area contributed by atoms with Crippen LogP contribution >= 0.6 is 0 Å². The van der Waals surface area contributed by atoms with Gasteiger partial charge in [-0.3, -0.25) is 0 Å². The fourth-order valence-electron chi connectivity index (χ4n) is 2.59. The van der Waals surface area contributed by atoms with Crippen LogP contribution in [0.5, 0.6) is 0 Å². The summed E-state index contributed by atoms with van der Waals surface area (Å²) in [5, 5.41) is 0. The Bertz CT molecular complexity index is 848. The van der Waals surface area contributed by atoms with Gasteiger partial charge in [-0.1, -0.05) is 24.3 Å². The number of esters is 2. The van der Waals surface area contributed by atoms with Crippen molar-refractivity contribution in [2.24, 2.45) is 0 Å². The molecule has 0 radical (unpaired) electrons. The lowest BCUT2D eigenvalue weighted by Gasteiger charge is -2.07. The van der Waals surface area contributed by atoms with Crippen molar-refractivity contribution in [2.75, 3.05) is 25.7 Å². The quantitative estimate of drug-likeness (QED) is 0.644. The van der Waals surface area contributed by atoms with E-state index in [1.54, 1.807) is 48.5 Å². The van der Waals surface area contributed by atoms with Gasteiger partial charge in [-0.15, -0.1) is 0 Å². The lowest BCUT2D eigenvalue weighted by atomic mass is 10.1. The summed E-state index contributed by atoms with van der Waals surface area (Å²) in [5.74, 6) is -0.946. The maximum absolute atomic E-state index is 12.3. The van der Waals surface area contributed by atoms with Gasteiger partial charge in [0.25, 0.3) is 0 Å². The van der Waals surface area contributed by atoms with Crippen molar-refractivity contribution in [3.05, 3.63) is 70.8 Å². The fourth-order valence-corrected chi connectivity index (χ4v) is 3.89. The third-order valence-electron chi connectivity index (χ3n) is 4.10. The number of methoxy groups -OCH3 is 2. The van der Waals surface area contributed by atoms with Crippen molar-refractivity contribution in [1.82, 2.24) is 0 Å². The minimum atomic E-state index is -3.29. The number of sulfone groups is 1. The van der Waals surface area contributed by atoms with E-state index < -0.39 is 21.8 Å². The van der Waals surface area contributed by atoms with Crippen molar-refractivity contribution in [3.63, 3.8) is 0 Å². The van der Waals surface area contributed by atoms with Gasteiger partial charge in [0.2, 0.25) is 0 Å². The smallest absolute Gasteiger partial charge is 0.337 e. The second-order valence-electron chi connectivity index (χ2n) is 6.04. The predicted octanol–water partition coefficient (Wildman–Crippen LogP) is 2.46. The number of hydrogen-bond acceptors (Lipinski definition) is 6. The van der Waals surface area contributed by atoms with Gasteiger partial charge in [-0.2, -0.15) is 0 Å². The molecule has 0 aliphatic rings. The first-order valence-corrected chi connectivity index (χ1v) is 10.2. The average molecular weight is 390 g/mol. The van der Waals surface area contributed by atoms with Crippen LogP contribution in [0.15, 0.2) is 48.5 Å². The second kappa shape index (κ2) is 9.32. The molecule has 6 nitrogen and oxygen atoms in total. The number of benzene rings is 2. The summed E-state index contributed by atoms with van der Waals surface area (Å²) in [5.41, 5.74) is 2.31. The van der Waals surface area contributed by atoms with E-state index in [1.165, 1.54) is 14.2 Å². The Labute approximate surface area is 159 Å². The summed E-state index contributed by atoms with van der Waals surface area (Å²) in [6, 6.07) is 13.5. The molecular weight excluding hydrogens is 368 g/mol. The third kappa shape index (κ3) is 6.21. The van der Waals surface area contributed by atoms with Gasteiger partial charge in [-0.25, -0.2) is 18.0 Å². The topological polar surface area (TPSA) is 86.7 Å². The van der Waals surface area contributed by atoms with Crippen LogP contribution in [0.3, 0.4) is 0 Å². The van der Waals surface area contributed by atoms with Crippen LogP contribution in [0, 0.1) is 0 Å². The van der Waals surface area contributed by atoms with Gasteiger partial charge in [0.15, 0.2) is 9.84 Å². The zero-order chi connectivity index (χ0) is 19.9. The van der Waals surface area contributed by atoms with Gasteiger partial charge in [0, 0.05) is 0 Å². The van der Waals surface area contributed by atoms with E-state index >= 15 is 0 Å². The van der Waals surface area contributed by atoms with Crippen LogP contribution in [0.1, 0.15) is 31.8 Å². The van der Waals surface area contributed by atoms with E-state index in [1.807, 2.05) is 0 Å². The summed E-state index contributed by atoms with van der Waals surface area (Å²) in [6.45, 7) is 0. The first-order valence-electron chi connectivity index (χ1n) is 8.39. The monoisotopic (exact) mass is 390 g/mol. The van der Waals surface area contributed by atoms with E-state index in [0.29, 0.717) is 24.0 Å². The molecule has 0 N–H and O–H groups in total. The molecule has 0 amide bonds. The SMILES string of the molecule is COC(=O)c1cccc(CCS(=O)(=O)CCc2cccc(C(=O)OC)c2)c1. The first-order chi connectivity index (χ1) is 12.8. The number of rotatable bonds is 8. The molecule has 0 atom stereocenters. The number of hydrogen-bond donors (Lipinski definition) is 0. The van der Waals surface area contributed by atoms with Gasteiger partial charge in [-0.05, 0) is 48.2 Å². The number of carbonyl (C=O) groups excluding carboxylic acids is 2. The molecule has 2 rings (SSSR count). The second-order valence-corrected chi connectivity index (χ2v) is 8.34. The summed E-state index contributed by atoms with van der Waals surface area (Å²) in [4.78, 5) is 23.1. The maximum Gasteiger partial charge on any atom is 0.337 e. The van der Waals surface area contributed by atoms with Gasteiger partial charge in [0.1, 0.15) is 0 Å². The molecule has 0 aliphatic carbocycles. The van der Waals surface area contributed by atoms with Crippen molar-refractivity contribution in [2.45, 2.75) is 12.8 Å². The largest absolute Gasteiger partial charge is 0.465 e. The van der Waals surface area contributed by atoms with Crippen LogP contribution in [-0.4, -0.2) is 46.1 Å². The fraction of sp³-hybridized carbons (Fsp3) is 0.300. The highest BCUT2D eigenvalue weighted by Crippen LogP contribution is 2.11. The van der Waals surface area contributed by atoms with Crippen LogP contribution in [-0.2, 0) is 32.2 Å². The third-order valence-corrected chi connectivity index (χ3v) is 5.75. The summed E-state index contributed by atoms with van der Waals surface area (Å²) < 4.78 is 34.0. The molecule has 0 aromatic heterocycles. The highest BCUT2D eigenvalue weighted by molar-refractivity contribution is 7.91. The molecule has 0 bridgehead atoms. The van der Waals surface area contributed by atoms with Crippen LogP contribution in [0.4, 0.5) is 0 Å². The molecule has 0 unspecified atom stereocenters. The molecule has 2 aromatic carbocycles. The Morgan fingerprint density at radius 3 is 1.56 bits per heavy atom. The number of aryl methyl sites for hydroxylation is 2. The number of ether oxygens (including phenoxy) is 2. The normalized spacial score (nSPS) is 11.0. The lowest BCUT2D eigenvalue weighted by Crippen LogP contribution is -2.15. The molecule has 2 aromatic rings. The predicted molar refractivity (Wildman–Crippen MR) is 102 cm³/mol. The van der Waals surface area contributed by atoms with E-state index in [-0.39, 0.29) is 11.5 Å². The lowest BCUT2D eigenvalue weighted by molar-refractivity contribution is 0.0591. The molecule has 0 fully saturated rings. The van der Waals surface area contributed by atoms with Gasteiger partial charge < -0.3 is 9.47 Å². The Morgan fingerprint density at radius 1 is 0.778 bits per heavy atom. The first kappa shape index (κ1) is 20.6. The van der Waals surface area contributed by atoms with E-state index in [4.69, 9.17) is 0 Å². The van der Waals surface area contributed by atoms with Gasteiger partial charge in [0.05, 0.1) is 36.9 Å². The molecule has 144 valence electrons. The molecule has 7 heteroatoms. The van der Waals surface area contributed by atoms with Crippen LogP contribution in [0.25, 0.3) is 0 Å². The molecule has 0 spiro atoms. The number of carbonyl (C=O) groups is 2. The molecule has 0 saturated carbocycles. The van der Waals surface area contributed by atoms with Crippen molar-refractivity contribution >= 4 is 21.8 Å². The zero-order valence-electron chi connectivity index (χ0n) is 15.3. The Hall–Kier alpha value is -2.67. The molecular formula is C20H22O6S. The van der Waals surface area contributed by atoms with Crippen LogP contribution < -0.4 is 0 Å². The minimum absolute atomic E-state index is 0.0195. The zero-order valence-corrected chi connectivity index (χ0v) is 16.1. The van der Waals surface area contributed by atoms with E-state index in [9.17, 15) is 18.0 Å². The van der Waals surface area contributed by atoms with Crippen LogP contribution in [0.2, 0.25) is 0 Å². The maximum atomic E-state index is 12.3. The molecule has 0 heterocycles. The summed E-state index contributed by atoms with van der Waals surface area (Å²) >= 11 is 0. The minimum Gasteiger partial charge on any atom is -0.465 e. The van der Waals surface area contributed by atoms with Crippen molar-refractivity contribution in [3.8, 4) is 0 Å². The summed E-state index contributed by atoms with van der Waals surface area (Å²) in [7, 11) is -0.687. The highest BCUT2D eigenvalue weighted by Gasteiger charge is 2.14. The average Bonchev–Trinajstić information content (AvgIpc) is 2.70. The summed E-state index contributed by atoms with van der Waals surface area (Å²) in [6.07, 6.45) is 0.630. The molecule has 0 aliphatic heterocycles.